The first kappa shape index (κ1) is 19.1. The fraction of sp³-hybridized carbons (Fsp3) is 0. The number of anilines is 1. The number of amides is 2. The molecule has 0 bridgehead atoms. The smallest absolute Gasteiger partial charge is 0.250 e. The van der Waals surface area contributed by atoms with Crippen LogP contribution in [0.2, 0.25) is 0 Å². The highest BCUT2D eigenvalue weighted by Crippen LogP contribution is 2.22. The van der Waals surface area contributed by atoms with Crippen molar-refractivity contribution < 1.29 is 14.0 Å². The summed E-state index contributed by atoms with van der Waals surface area (Å²) in [6, 6.07) is 19.9. The lowest BCUT2D eigenvalue weighted by Gasteiger charge is -2.10. The van der Waals surface area contributed by atoms with Crippen LogP contribution in [0.25, 0.3) is 17.4 Å². The normalized spacial score (nSPS) is 10.6. The van der Waals surface area contributed by atoms with Crippen LogP contribution in [0, 0.1) is 0 Å². The van der Waals surface area contributed by atoms with Crippen molar-refractivity contribution in [2.45, 2.75) is 0 Å². The number of rotatable bonds is 5. The Balaban J connectivity index is 1.59. The quantitative estimate of drug-likeness (QED) is 0.456. The number of thiocarbonyl (C=S) groups is 1. The van der Waals surface area contributed by atoms with Crippen molar-refractivity contribution >= 4 is 40.9 Å². The molecule has 7 heteroatoms. The van der Waals surface area contributed by atoms with Crippen LogP contribution in [0.4, 0.5) is 5.69 Å². The molecule has 0 aliphatic heterocycles. The van der Waals surface area contributed by atoms with E-state index < -0.39 is 11.8 Å². The standard InChI is InChI=1S/C21H17N3O3S/c22-20(26)16-8-4-5-9-17(16)23-21(28)24-19(25)13-11-15-10-12-18(27-15)14-6-2-1-3-7-14/h1-13H,(H2,22,26)(H2,23,24,25,28)/b13-11+. The molecule has 6 nitrogen and oxygen atoms in total. The highest BCUT2D eigenvalue weighted by atomic mass is 32.1. The van der Waals surface area contributed by atoms with Crippen LogP contribution in [-0.4, -0.2) is 16.9 Å². The van der Waals surface area contributed by atoms with Gasteiger partial charge in [0.1, 0.15) is 11.5 Å². The molecule has 0 spiro atoms. The monoisotopic (exact) mass is 391 g/mol. The summed E-state index contributed by atoms with van der Waals surface area (Å²) in [7, 11) is 0. The second kappa shape index (κ2) is 8.79. The highest BCUT2D eigenvalue weighted by Gasteiger charge is 2.09. The fourth-order valence-corrected chi connectivity index (χ4v) is 2.68. The minimum absolute atomic E-state index is 0.0489. The number of nitrogens with two attached hydrogens (primary N) is 1. The second-order valence-electron chi connectivity index (χ2n) is 5.75. The Kier molecular flexibility index (Phi) is 5.98. The molecule has 140 valence electrons. The maximum Gasteiger partial charge on any atom is 0.250 e. The number of furan rings is 1. The van der Waals surface area contributed by atoms with Crippen molar-refractivity contribution in [3.05, 3.63) is 84.1 Å². The molecule has 0 atom stereocenters. The lowest BCUT2D eigenvalue weighted by molar-refractivity contribution is -0.115. The van der Waals surface area contributed by atoms with E-state index in [-0.39, 0.29) is 10.7 Å². The van der Waals surface area contributed by atoms with Crippen molar-refractivity contribution in [3.8, 4) is 11.3 Å². The molecule has 1 aromatic heterocycles. The third-order valence-electron chi connectivity index (χ3n) is 3.76. The van der Waals surface area contributed by atoms with Crippen LogP contribution in [0.3, 0.4) is 0 Å². The second-order valence-corrected chi connectivity index (χ2v) is 6.16. The molecule has 0 saturated carbocycles. The summed E-state index contributed by atoms with van der Waals surface area (Å²) in [5, 5.41) is 5.34. The van der Waals surface area contributed by atoms with E-state index in [0.29, 0.717) is 17.2 Å². The molecule has 2 aromatic carbocycles. The van der Waals surface area contributed by atoms with Crippen LogP contribution in [-0.2, 0) is 4.79 Å². The van der Waals surface area contributed by atoms with Crippen molar-refractivity contribution in [2.24, 2.45) is 5.73 Å². The third kappa shape index (κ3) is 4.93. The van der Waals surface area contributed by atoms with Crippen molar-refractivity contribution in [2.75, 3.05) is 5.32 Å². The summed E-state index contributed by atoms with van der Waals surface area (Å²) in [5.74, 6) is 0.212. The van der Waals surface area contributed by atoms with Gasteiger partial charge in [-0.1, -0.05) is 42.5 Å². The zero-order chi connectivity index (χ0) is 19.9. The van der Waals surface area contributed by atoms with Crippen LogP contribution >= 0.6 is 12.2 Å². The largest absolute Gasteiger partial charge is 0.457 e. The molecular formula is C21H17N3O3S. The summed E-state index contributed by atoms with van der Waals surface area (Å²) in [5.41, 5.74) is 6.96. The number of primary amides is 1. The van der Waals surface area contributed by atoms with E-state index in [1.807, 2.05) is 36.4 Å². The first-order chi connectivity index (χ1) is 13.5. The minimum Gasteiger partial charge on any atom is -0.457 e. The summed E-state index contributed by atoms with van der Waals surface area (Å²) < 4.78 is 5.70. The summed E-state index contributed by atoms with van der Waals surface area (Å²) in [6.45, 7) is 0. The molecule has 3 rings (SSSR count). The van der Waals surface area contributed by atoms with E-state index in [1.54, 1.807) is 36.4 Å². The summed E-state index contributed by atoms with van der Waals surface area (Å²) >= 11 is 5.10. The molecule has 28 heavy (non-hydrogen) atoms. The minimum atomic E-state index is -0.593. The predicted molar refractivity (Wildman–Crippen MR) is 113 cm³/mol. The number of carbonyl (C=O) groups is 2. The molecule has 0 aliphatic rings. The van der Waals surface area contributed by atoms with E-state index >= 15 is 0 Å². The van der Waals surface area contributed by atoms with E-state index in [1.165, 1.54) is 6.08 Å². The van der Waals surface area contributed by atoms with Gasteiger partial charge in [0, 0.05) is 11.6 Å². The van der Waals surface area contributed by atoms with Gasteiger partial charge in [0.05, 0.1) is 11.3 Å². The molecular weight excluding hydrogens is 374 g/mol. The Hall–Kier alpha value is -3.71. The number of hydrogen-bond donors (Lipinski definition) is 3. The van der Waals surface area contributed by atoms with Crippen LogP contribution in [0.1, 0.15) is 16.1 Å². The Labute approximate surface area is 167 Å². The third-order valence-corrected chi connectivity index (χ3v) is 3.97. The molecule has 0 saturated heterocycles. The number of benzene rings is 2. The molecule has 1 heterocycles. The van der Waals surface area contributed by atoms with Gasteiger partial charge in [-0.3, -0.25) is 14.9 Å². The topological polar surface area (TPSA) is 97.4 Å². The number of carbonyl (C=O) groups excluding carboxylic acids is 2. The first-order valence-electron chi connectivity index (χ1n) is 8.37. The number of para-hydroxylation sites is 1. The van der Waals surface area contributed by atoms with E-state index in [9.17, 15) is 9.59 Å². The zero-order valence-corrected chi connectivity index (χ0v) is 15.5. The lowest BCUT2D eigenvalue weighted by Crippen LogP contribution is -2.33. The van der Waals surface area contributed by atoms with Gasteiger partial charge < -0.3 is 15.5 Å². The van der Waals surface area contributed by atoms with Crippen LogP contribution < -0.4 is 16.4 Å². The molecule has 3 aromatic rings. The van der Waals surface area contributed by atoms with Gasteiger partial charge in [0.2, 0.25) is 5.91 Å². The van der Waals surface area contributed by atoms with Gasteiger partial charge in [-0.2, -0.15) is 0 Å². The van der Waals surface area contributed by atoms with E-state index in [2.05, 4.69) is 10.6 Å². The van der Waals surface area contributed by atoms with Gasteiger partial charge >= 0.3 is 0 Å². The Morgan fingerprint density at radius 2 is 1.68 bits per heavy atom. The van der Waals surface area contributed by atoms with Crippen molar-refractivity contribution in [1.29, 1.82) is 0 Å². The van der Waals surface area contributed by atoms with Gasteiger partial charge in [-0.05, 0) is 42.6 Å². The van der Waals surface area contributed by atoms with Gasteiger partial charge in [0.25, 0.3) is 5.91 Å². The summed E-state index contributed by atoms with van der Waals surface area (Å²) in [6.07, 6.45) is 2.85. The Morgan fingerprint density at radius 1 is 0.964 bits per heavy atom. The molecule has 0 radical (unpaired) electrons. The molecule has 0 aliphatic carbocycles. The van der Waals surface area contributed by atoms with Crippen LogP contribution in [0.15, 0.2) is 77.2 Å². The molecule has 0 unspecified atom stereocenters. The SMILES string of the molecule is NC(=O)c1ccccc1NC(=S)NC(=O)/C=C/c1ccc(-c2ccccc2)o1. The maximum absolute atomic E-state index is 12.1. The van der Waals surface area contributed by atoms with Crippen LogP contribution in [0.5, 0.6) is 0 Å². The van der Waals surface area contributed by atoms with Gasteiger partial charge in [-0.15, -0.1) is 0 Å². The Morgan fingerprint density at radius 3 is 2.43 bits per heavy atom. The fourth-order valence-electron chi connectivity index (χ4n) is 2.47. The lowest BCUT2D eigenvalue weighted by atomic mass is 10.1. The van der Waals surface area contributed by atoms with Crippen molar-refractivity contribution in [1.82, 2.24) is 5.32 Å². The predicted octanol–water partition coefficient (Wildman–Crippen LogP) is 3.57. The molecule has 2 amide bonds. The van der Waals surface area contributed by atoms with Crippen molar-refractivity contribution in [3.63, 3.8) is 0 Å². The number of nitrogens with one attached hydrogen (secondary N) is 2. The highest BCUT2D eigenvalue weighted by molar-refractivity contribution is 7.80. The average Bonchev–Trinajstić information content (AvgIpc) is 3.16. The summed E-state index contributed by atoms with van der Waals surface area (Å²) in [4.78, 5) is 23.5. The van der Waals surface area contributed by atoms with Gasteiger partial charge in [0.15, 0.2) is 5.11 Å². The van der Waals surface area contributed by atoms with Gasteiger partial charge in [-0.25, -0.2) is 0 Å². The first-order valence-corrected chi connectivity index (χ1v) is 8.78. The zero-order valence-electron chi connectivity index (χ0n) is 14.7. The molecule has 4 N–H and O–H groups in total. The Bertz CT molecular complexity index is 1040. The molecule has 0 fully saturated rings. The average molecular weight is 391 g/mol. The number of hydrogen-bond acceptors (Lipinski definition) is 4. The maximum atomic E-state index is 12.1. The van der Waals surface area contributed by atoms with E-state index in [4.69, 9.17) is 22.4 Å². The van der Waals surface area contributed by atoms with E-state index in [0.717, 1.165) is 5.56 Å².